The van der Waals surface area contributed by atoms with Crippen LogP contribution >= 0.6 is 11.6 Å². The van der Waals surface area contributed by atoms with Gasteiger partial charge < -0.3 is 10.4 Å². The first-order chi connectivity index (χ1) is 9.15. The van der Waals surface area contributed by atoms with Crippen LogP contribution in [0.15, 0.2) is 42.5 Å². The van der Waals surface area contributed by atoms with Crippen LogP contribution in [0.5, 0.6) is 5.75 Å². The van der Waals surface area contributed by atoms with E-state index in [0.29, 0.717) is 16.2 Å². The van der Waals surface area contributed by atoms with Gasteiger partial charge in [0, 0.05) is 27.4 Å². The first-order valence-corrected chi connectivity index (χ1v) is 6.14. The number of anilines is 1. The number of carbonyl (C=O) groups excluding carboxylic acids is 1. The third kappa shape index (κ3) is 2.09. The number of rotatable bonds is 1. The van der Waals surface area contributed by atoms with Gasteiger partial charge in [0.1, 0.15) is 5.75 Å². The van der Waals surface area contributed by atoms with Crippen molar-refractivity contribution in [2.75, 3.05) is 5.32 Å². The van der Waals surface area contributed by atoms with Crippen molar-refractivity contribution in [1.82, 2.24) is 0 Å². The fraction of sp³-hybridized carbons (Fsp3) is 0. The molecule has 0 atom stereocenters. The number of amides is 1. The van der Waals surface area contributed by atoms with Crippen LogP contribution in [-0.2, 0) is 4.79 Å². The van der Waals surface area contributed by atoms with Crippen LogP contribution in [0.25, 0.3) is 11.6 Å². The molecule has 2 N–H and O–H groups in total. The molecular weight excluding hydrogens is 262 g/mol. The summed E-state index contributed by atoms with van der Waals surface area (Å²) in [6.07, 6.45) is 1.66. The Hall–Kier alpha value is -2.26. The van der Waals surface area contributed by atoms with E-state index in [4.69, 9.17) is 11.6 Å². The number of halogens is 1. The number of hydrogen-bond acceptors (Lipinski definition) is 2. The van der Waals surface area contributed by atoms with Gasteiger partial charge in [-0.05, 0) is 30.3 Å². The van der Waals surface area contributed by atoms with Crippen LogP contribution in [0.1, 0.15) is 11.1 Å². The van der Waals surface area contributed by atoms with Gasteiger partial charge in [0.25, 0.3) is 5.91 Å². The average Bonchev–Trinajstić information content (AvgIpc) is 2.69. The predicted octanol–water partition coefficient (Wildman–Crippen LogP) is 3.54. The fourth-order valence-corrected chi connectivity index (χ4v) is 2.24. The molecule has 0 saturated heterocycles. The van der Waals surface area contributed by atoms with Crippen molar-refractivity contribution in [1.29, 1.82) is 0 Å². The Morgan fingerprint density at radius 2 is 1.95 bits per heavy atom. The van der Waals surface area contributed by atoms with Gasteiger partial charge in [0.05, 0.1) is 0 Å². The Morgan fingerprint density at radius 1 is 1.16 bits per heavy atom. The molecule has 3 nitrogen and oxygen atoms in total. The van der Waals surface area contributed by atoms with E-state index in [9.17, 15) is 9.90 Å². The van der Waals surface area contributed by atoms with E-state index in [1.807, 2.05) is 0 Å². The number of para-hydroxylation sites is 1. The van der Waals surface area contributed by atoms with Crippen molar-refractivity contribution < 1.29 is 9.90 Å². The molecule has 0 radical (unpaired) electrons. The van der Waals surface area contributed by atoms with Gasteiger partial charge in [0.2, 0.25) is 0 Å². The Kier molecular flexibility index (Phi) is 2.76. The van der Waals surface area contributed by atoms with Crippen LogP contribution in [0.4, 0.5) is 5.69 Å². The highest BCUT2D eigenvalue weighted by molar-refractivity contribution is 6.36. The normalized spacial score (nSPS) is 15.4. The van der Waals surface area contributed by atoms with Crippen LogP contribution in [-0.4, -0.2) is 11.0 Å². The molecular formula is C15H10ClNO2. The number of hydrogen-bond donors (Lipinski definition) is 2. The minimum Gasteiger partial charge on any atom is -0.507 e. The molecule has 94 valence electrons. The number of phenolic OH excluding ortho intramolecular Hbond substituents is 1. The number of phenols is 1. The summed E-state index contributed by atoms with van der Waals surface area (Å²) in [6.45, 7) is 0. The third-order valence-corrected chi connectivity index (χ3v) is 3.24. The summed E-state index contributed by atoms with van der Waals surface area (Å²) in [7, 11) is 0. The lowest BCUT2D eigenvalue weighted by Crippen LogP contribution is -2.03. The number of nitrogens with one attached hydrogen (secondary N) is 1. The van der Waals surface area contributed by atoms with Gasteiger partial charge in [-0.1, -0.05) is 29.8 Å². The summed E-state index contributed by atoms with van der Waals surface area (Å²) < 4.78 is 0. The summed E-state index contributed by atoms with van der Waals surface area (Å²) in [4.78, 5) is 12.0. The standard InChI is InChI=1S/C15H10ClNO2/c16-10-5-6-13-11(8-10)12(15(19)17-13)7-9-3-1-2-4-14(9)18/h1-8,18H,(H,17,19)/b12-7-. The first kappa shape index (κ1) is 11.8. The van der Waals surface area contributed by atoms with Crippen molar-refractivity contribution in [3.8, 4) is 5.75 Å². The molecule has 1 aliphatic rings. The van der Waals surface area contributed by atoms with Crippen LogP contribution in [0, 0.1) is 0 Å². The predicted molar refractivity (Wildman–Crippen MR) is 76.1 cm³/mol. The molecule has 19 heavy (non-hydrogen) atoms. The Morgan fingerprint density at radius 3 is 2.74 bits per heavy atom. The molecule has 0 saturated carbocycles. The highest BCUT2D eigenvalue weighted by atomic mass is 35.5. The zero-order valence-electron chi connectivity index (χ0n) is 9.85. The minimum absolute atomic E-state index is 0.137. The number of carbonyl (C=O) groups is 1. The van der Waals surface area contributed by atoms with Gasteiger partial charge in [-0.15, -0.1) is 0 Å². The summed E-state index contributed by atoms with van der Waals surface area (Å²) in [6, 6.07) is 12.1. The first-order valence-electron chi connectivity index (χ1n) is 5.76. The maximum absolute atomic E-state index is 12.0. The second-order valence-corrected chi connectivity index (χ2v) is 4.70. The van der Waals surface area contributed by atoms with Gasteiger partial charge in [-0.3, -0.25) is 4.79 Å². The Labute approximate surface area is 115 Å². The Bertz CT molecular complexity index is 707. The lowest BCUT2D eigenvalue weighted by atomic mass is 10.0. The average molecular weight is 272 g/mol. The molecule has 0 fully saturated rings. The van der Waals surface area contributed by atoms with Crippen LogP contribution in [0.3, 0.4) is 0 Å². The van der Waals surface area contributed by atoms with Crippen molar-refractivity contribution in [3.63, 3.8) is 0 Å². The topological polar surface area (TPSA) is 49.3 Å². The number of fused-ring (bicyclic) bond motifs is 1. The van der Waals surface area contributed by atoms with Gasteiger partial charge >= 0.3 is 0 Å². The van der Waals surface area contributed by atoms with Crippen LogP contribution in [0.2, 0.25) is 5.02 Å². The molecule has 2 aromatic carbocycles. The summed E-state index contributed by atoms with van der Waals surface area (Å²) in [5, 5.41) is 13.1. The van der Waals surface area contributed by atoms with E-state index >= 15 is 0 Å². The smallest absolute Gasteiger partial charge is 0.256 e. The van der Waals surface area contributed by atoms with Crippen molar-refractivity contribution >= 4 is 34.8 Å². The third-order valence-electron chi connectivity index (χ3n) is 3.00. The molecule has 1 aliphatic heterocycles. The second-order valence-electron chi connectivity index (χ2n) is 4.26. The van der Waals surface area contributed by atoms with Crippen molar-refractivity contribution in [2.45, 2.75) is 0 Å². The van der Waals surface area contributed by atoms with E-state index in [2.05, 4.69) is 5.32 Å². The molecule has 0 spiro atoms. The van der Waals surface area contributed by atoms with Crippen molar-refractivity contribution in [2.24, 2.45) is 0 Å². The molecule has 0 unspecified atom stereocenters. The van der Waals surface area contributed by atoms with Gasteiger partial charge in [-0.25, -0.2) is 0 Å². The molecule has 4 heteroatoms. The maximum Gasteiger partial charge on any atom is 0.256 e. The highest BCUT2D eigenvalue weighted by Gasteiger charge is 2.24. The monoisotopic (exact) mass is 271 g/mol. The van der Waals surface area contributed by atoms with E-state index in [0.717, 1.165) is 11.3 Å². The largest absolute Gasteiger partial charge is 0.507 e. The zero-order chi connectivity index (χ0) is 13.4. The van der Waals surface area contributed by atoms with E-state index in [-0.39, 0.29) is 11.7 Å². The van der Waals surface area contributed by atoms with E-state index in [1.165, 1.54) is 0 Å². The molecule has 1 amide bonds. The molecule has 0 aliphatic carbocycles. The quantitative estimate of drug-likeness (QED) is 0.780. The number of aromatic hydroxyl groups is 1. The van der Waals surface area contributed by atoms with E-state index < -0.39 is 0 Å². The molecule has 2 aromatic rings. The lowest BCUT2D eigenvalue weighted by Gasteiger charge is -2.01. The molecule has 0 bridgehead atoms. The maximum atomic E-state index is 12.0. The lowest BCUT2D eigenvalue weighted by molar-refractivity contribution is -0.110. The number of benzene rings is 2. The minimum atomic E-state index is -0.194. The molecule has 1 heterocycles. The summed E-state index contributed by atoms with van der Waals surface area (Å²) in [5.74, 6) is -0.0567. The summed E-state index contributed by atoms with van der Waals surface area (Å²) in [5.41, 5.74) is 2.58. The highest BCUT2D eigenvalue weighted by Crippen LogP contribution is 2.35. The summed E-state index contributed by atoms with van der Waals surface area (Å²) >= 11 is 5.95. The zero-order valence-corrected chi connectivity index (χ0v) is 10.6. The van der Waals surface area contributed by atoms with Crippen LogP contribution < -0.4 is 5.32 Å². The van der Waals surface area contributed by atoms with Gasteiger partial charge in [0.15, 0.2) is 0 Å². The van der Waals surface area contributed by atoms with E-state index in [1.54, 1.807) is 48.5 Å². The SMILES string of the molecule is O=C1Nc2ccc(Cl)cc2/C1=C/c1ccccc1O. The molecule has 3 rings (SSSR count). The second kappa shape index (κ2) is 4.44. The fourth-order valence-electron chi connectivity index (χ4n) is 2.07. The molecule has 0 aromatic heterocycles. The van der Waals surface area contributed by atoms with Gasteiger partial charge in [-0.2, -0.15) is 0 Å². The Balaban J connectivity index is 2.14. The van der Waals surface area contributed by atoms with Crippen molar-refractivity contribution in [3.05, 3.63) is 58.6 Å².